The van der Waals surface area contributed by atoms with Gasteiger partial charge in [-0.3, -0.25) is 4.79 Å². The molecule has 90 valence electrons. The van der Waals surface area contributed by atoms with Crippen molar-refractivity contribution in [3.8, 4) is 5.75 Å². The van der Waals surface area contributed by atoms with Gasteiger partial charge < -0.3 is 4.74 Å². The van der Waals surface area contributed by atoms with E-state index in [4.69, 9.17) is 4.74 Å². The first-order valence-corrected chi connectivity index (χ1v) is 5.38. The molecule has 0 aromatic heterocycles. The van der Waals surface area contributed by atoms with Crippen LogP contribution in [0.3, 0.4) is 0 Å². The summed E-state index contributed by atoms with van der Waals surface area (Å²) in [7, 11) is 0. The highest BCUT2D eigenvalue weighted by Crippen LogP contribution is 2.25. The van der Waals surface area contributed by atoms with E-state index in [1.54, 1.807) is 0 Å². The van der Waals surface area contributed by atoms with E-state index in [-0.39, 0.29) is 24.3 Å². The number of benzene rings is 2. The zero-order valence-electron chi connectivity index (χ0n) is 9.84. The largest absolute Gasteiger partial charge is 0.426 e. The third kappa shape index (κ3) is 2.98. The van der Waals surface area contributed by atoms with Crippen molar-refractivity contribution in [1.82, 2.24) is 0 Å². The molecule has 0 radical (unpaired) electrons. The van der Waals surface area contributed by atoms with E-state index in [1.165, 1.54) is 0 Å². The van der Waals surface area contributed by atoms with Crippen LogP contribution in [0.5, 0.6) is 5.75 Å². The zero-order chi connectivity index (χ0) is 11.5. The molecule has 0 saturated heterocycles. The number of ether oxygens (including phenoxy) is 1. The van der Waals surface area contributed by atoms with Crippen LogP contribution in [0.4, 0.5) is 0 Å². The SMILES string of the molecule is CC(C)C(=O)Oc1cccc2ccccc12.Cl. The van der Waals surface area contributed by atoms with Crippen molar-refractivity contribution in [3.05, 3.63) is 42.5 Å². The molecule has 0 heterocycles. The van der Waals surface area contributed by atoms with Crippen LogP contribution in [-0.4, -0.2) is 5.97 Å². The van der Waals surface area contributed by atoms with Crippen molar-refractivity contribution in [2.24, 2.45) is 5.92 Å². The summed E-state index contributed by atoms with van der Waals surface area (Å²) < 4.78 is 5.35. The van der Waals surface area contributed by atoms with Crippen molar-refractivity contribution in [3.63, 3.8) is 0 Å². The second kappa shape index (κ2) is 5.69. The maximum absolute atomic E-state index is 11.5. The van der Waals surface area contributed by atoms with Crippen LogP contribution in [0.15, 0.2) is 42.5 Å². The Bertz CT molecular complexity index is 515. The van der Waals surface area contributed by atoms with Gasteiger partial charge in [-0.1, -0.05) is 50.2 Å². The minimum Gasteiger partial charge on any atom is -0.426 e. The fourth-order valence-corrected chi connectivity index (χ4v) is 1.51. The fourth-order valence-electron chi connectivity index (χ4n) is 1.51. The Kier molecular flexibility index (Phi) is 4.53. The molecular formula is C14H15ClO2. The van der Waals surface area contributed by atoms with Gasteiger partial charge in [0.2, 0.25) is 0 Å². The van der Waals surface area contributed by atoms with Gasteiger partial charge in [0, 0.05) is 5.39 Å². The lowest BCUT2D eigenvalue weighted by molar-refractivity contribution is -0.137. The van der Waals surface area contributed by atoms with E-state index in [2.05, 4.69) is 0 Å². The standard InChI is InChI=1S/C14H14O2.ClH/c1-10(2)14(15)16-13-9-5-7-11-6-3-4-8-12(11)13;/h3-10H,1-2H3;1H. The molecule has 0 aliphatic carbocycles. The average molecular weight is 251 g/mol. The molecule has 2 aromatic carbocycles. The van der Waals surface area contributed by atoms with Crippen LogP contribution >= 0.6 is 12.4 Å². The molecule has 0 aliphatic heterocycles. The Balaban J connectivity index is 0.00000144. The van der Waals surface area contributed by atoms with E-state index in [0.29, 0.717) is 5.75 Å². The maximum atomic E-state index is 11.5. The molecule has 2 rings (SSSR count). The second-order valence-corrected chi connectivity index (χ2v) is 4.05. The number of fused-ring (bicyclic) bond motifs is 1. The highest BCUT2D eigenvalue weighted by Gasteiger charge is 2.11. The number of esters is 1. The van der Waals surface area contributed by atoms with Crippen LogP contribution in [0.1, 0.15) is 13.8 Å². The van der Waals surface area contributed by atoms with Gasteiger partial charge in [0.25, 0.3) is 0 Å². The Morgan fingerprint density at radius 3 is 2.41 bits per heavy atom. The number of rotatable bonds is 2. The molecular weight excluding hydrogens is 236 g/mol. The third-order valence-electron chi connectivity index (χ3n) is 2.43. The molecule has 0 fully saturated rings. The maximum Gasteiger partial charge on any atom is 0.313 e. The second-order valence-electron chi connectivity index (χ2n) is 4.05. The summed E-state index contributed by atoms with van der Waals surface area (Å²) in [6.45, 7) is 3.65. The highest BCUT2D eigenvalue weighted by molar-refractivity contribution is 5.90. The van der Waals surface area contributed by atoms with Gasteiger partial charge in [-0.05, 0) is 11.5 Å². The van der Waals surface area contributed by atoms with Crippen molar-refractivity contribution < 1.29 is 9.53 Å². The lowest BCUT2D eigenvalue weighted by Crippen LogP contribution is -2.14. The Labute approximate surface area is 107 Å². The minimum atomic E-state index is -0.198. The predicted octanol–water partition coefficient (Wildman–Crippen LogP) is 3.82. The van der Waals surface area contributed by atoms with E-state index in [9.17, 15) is 4.79 Å². The van der Waals surface area contributed by atoms with Crippen LogP contribution in [0.2, 0.25) is 0 Å². The van der Waals surface area contributed by atoms with E-state index < -0.39 is 0 Å². The van der Waals surface area contributed by atoms with Crippen molar-refractivity contribution in [1.29, 1.82) is 0 Å². The highest BCUT2D eigenvalue weighted by atomic mass is 35.5. The molecule has 0 saturated carbocycles. The Hall–Kier alpha value is -1.54. The number of hydrogen-bond acceptors (Lipinski definition) is 2. The van der Waals surface area contributed by atoms with Gasteiger partial charge in [-0.2, -0.15) is 0 Å². The summed E-state index contributed by atoms with van der Waals surface area (Å²) in [5.74, 6) is 0.326. The van der Waals surface area contributed by atoms with Crippen molar-refractivity contribution in [2.45, 2.75) is 13.8 Å². The monoisotopic (exact) mass is 250 g/mol. The summed E-state index contributed by atoms with van der Waals surface area (Å²) in [5.41, 5.74) is 0. The number of carbonyl (C=O) groups excluding carboxylic acids is 1. The fraction of sp³-hybridized carbons (Fsp3) is 0.214. The molecule has 17 heavy (non-hydrogen) atoms. The molecule has 2 nitrogen and oxygen atoms in total. The summed E-state index contributed by atoms with van der Waals surface area (Å²) in [6, 6.07) is 13.6. The van der Waals surface area contributed by atoms with Gasteiger partial charge in [-0.15, -0.1) is 12.4 Å². The predicted molar refractivity (Wildman–Crippen MR) is 71.7 cm³/mol. The van der Waals surface area contributed by atoms with E-state index in [0.717, 1.165) is 10.8 Å². The molecule has 0 atom stereocenters. The quantitative estimate of drug-likeness (QED) is 0.598. The van der Waals surface area contributed by atoms with Crippen molar-refractivity contribution >= 4 is 29.1 Å². The summed E-state index contributed by atoms with van der Waals surface area (Å²) >= 11 is 0. The smallest absolute Gasteiger partial charge is 0.313 e. The lowest BCUT2D eigenvalue weighted by Gasteiger charge is -2.09. The lowest BCUT2D eigenvalue weighted by atomic mass is 10.1. The third-order valence-corrected chi connectivity index (χ3v) is 2.43. The first kappa shape index (κ1) is 13.5. The molecule has 0 unspecified atom stereocenters. The van der Waals surface area contributed by atoms with E-state index >= 15 is 0 Å². The molecule has 0 amide bonds. The van der Waals surface area contributed by atoms with Gasteiger partial charge in [0.15, 0.2) is 0 Å². The number of carbonyl (C=O) groups is 1. The Morgan fingerprint density at radius 1 is 1.06 bits per heavy atom. The molecule has 3 heteroatoms. The number of halogens is 1. The minimum absolute atomic E-state index is 0. The number of hydrogen-bond donors (Lipinski definition) is 0. The first-order chi connectivity index (χ1) is 7.68. The van der Waals surface area contributed by atoms with E-state index in [1.807, 2.05) is 56.3 Å². The van der Waals surface area contributed by atoms with Crippen LogP contribution in [0.25, 0.3) is 10.8 Å². The average Bonchev–Trinajstić information content (AvgIpc) is 2.29. The van der Waals surface area contributed by atoms with Gasteiger partial charge in [0.1, 0.15) is 5.75 Å². The van der Waals surface area contributed by atoms with Crippen LogP contribution < -0.4 is 4.74 Å². The summed E-state index contributed by atoms with van der Waals surface area (Å²) in [5, 5.41) is 2.05. The summed E-state index contributed by atoms with van der Waals surface area (Å²) in [6.07, 6.45) is 0. The summed E-state index contributed by atoms with van der Waals surface area (Å²) in [4.78, 5) is 11.5. The van der Waals surface area contributed by atoms with Gasteiger partial charge in [-0.25, -0.2) is 0 Å². The topological polar surface area (TPSA) is 26.3 Å². The molecule has 0 aliphatic rings. The molecule has 0 N–H and O–H groups in total. The normalized spacial score (nSPS) is 10.1. The Morgan fingerprint density at radius 2 is 1.71 bits per heavy atom. The first-order valence-electron chi connectivity index (χ1n) is 5.38. The molecule has 0 spiro atoms. The van der Waals surface area contributed by atoms with Crippen LogP contribution in [0, 0.1) is 5.92 Å². The molecule has 0 bridgehead atoms. The molecule has 2 aromatic rings. The van der Waals surface area contributed by atoms with Gasteiger partial charge in [0.05, 0.1) is 5.92 Å². The van der Waals surface area contributed by atoms with Crippen LogP contribution in [-0.2, 0) is 4.79 Å². The zero-order valence-corrected chi connectivity index (χ0v) is 10.7. The van der Waals surface area contributed by atoms with Gasteiger partial charge >= 0.3 is 5.97 Å². The van der Waals surface area contributed by atoms with Crippen molar-refractivity contribution in [2.75, 3.05) is 0 Å².